The van der Waals surface area contributed by atoms with Crippen molar-refractivity contribution in [1.82, 2.24) is 9.88 Å². The molecule has 3 aromatic carbocycles. The summed E-state index contributed by atoms with van der Waals surface area (Å²) >= 11 is 0. The molecule has 0 aliphatic carbocycles. The molecule has 1 aromatic heterocycles. The van der Waals surface area contributed by atoms with Crippen molar-refractivity contribution in [2.24, 2.45) is 4.99 Å². The van der Waals surface area contributed by atoms with E-state index in [-0.39, 0.29) is 12.3 Å². The van der Waals surface area contributed by atoms with Crippen LogP contribution in [0.1, 0.15) is 39.0 Å². The third kappa shape index (κ3) is 6.05. The highest BCUT2D eigenvalue weighted by Gasteiger charge is 2.20. The molecule has 0 aliphatic heterocycles. The summed E-state index contributed by atoms with van der Waals surface area (Å²) in [4.78, 5) is 32.9. The van der Waals surface area contributed by atoms with Crippen LogP contribution in [0.4, 0.5) is 5.69 Å². The second-order valence-electron chi connectivity index (χ2n) is 9.06. The van der Waals surface area contributed by atoms with Crippen molar-refractivity contribution < 1.29 is 24.5 Å². The van der Waals surface area contributed by atoms with Gasteiger partial charge in [-0.1, -0.05) is 42.5 Å². The summed E-state index contributed by atoms with van der Waals surface area (Å²) in [5, 5.41) is 20.6. The molecule has 4 aromatic rings. The molecule has 0 spiro atoms. The van der Waals surface area contributed by atoms with Crippen molar-refractivity contribution in [3.63, 3.8) is 0 Å². The molecule has 1 heterocycles. The number of nitrogens with zero attached hydrogens (tertiary/aromatic N) is 2. The van der Waals surface area contributed by atoms with Crippen molar-refractivity contribution >= 4 is 34.2 Å². The van der Waals surface area contributed by atoms with Gasteiger partial charge in [-0.3, -0.25) is 4.79 Å². The number of hydrogen-bond acceptors (Lipinski definition) is 6. The summed E-state index contributed by atoms with van der Waals surface area (Å²) in [6, 6.07) is 20.4. The van der Waals surface area contributed by atoms with Gasteiger partial charge in [-0.15, -0.1) is 0 Å². The predicted molar refractivity (Wildman–Crippen MR) is 143 cm³/mol. The standard InChI is InChI=1S/C29H29N3O5/c1-32(2)17-19-6-12-22(13-7-19)30-27(20-9-4-18(5-10-20)8-15-25(33)34)26-23-14-11-21(29(36)37-3)16-24(23)31-28(26)35/h4-7,9-14,16,31,35H,8,15,17H2,1-3H3,(H,33,34). The summed E-state index contributed by atoms with van der Waals surface area (Å²) in [5.74, 6) is -1.39. The number of aliphatic imine (C=N–C) groups is 1. The number of H-pyrrole nitrogens is 1. The Kier molecular flexibility index (Phi) is 7.69. The Bertz CT molecular complexity index is 1450. The number of aliphatic carboxylic acids is 1. The zero-order valence-electron chi connectivity index (χ0n) is 21.0. The number of carbonyl (C=O) groups excluding carboxylic acids is 1. The highest BCUT2D eigenvalue weighted by atomic mass is 16.5. The van der Waals surface area contributed by atoms with Gasteiger partial charge in [-0.05, 0) is 55.9 Å². The zero-order valence-corrected chi connectivity index (χ0v) is 21.0. The largest absolute Gasteiger partial charge is 0.494 e. The molecule has 0 unspecified atom stereocenters. The molecule has 0 fully saturated rings. The number of nitrogens with one attached hydrogen (secondary N) is 1. The number of benzene rings is 3. The minimum atomic E-state index is -0.848. The molecule has 0 saturated heterocycles. The second-order valence-corrected chi connectivity index (χ2v) is 9.06. The van der Waals surface area contributed by atoms with Crippen LogP contribution >= 0.6 is 0 Å². The second kappa shape index (κ2) is 11.1. The van der Waals surface area contributed by atoms with Crippen LogP contribution < -0.4 is 0 Å². The van der Waals surface area contributed by atoms with Crippen LogP contribution in [0.3, 0.4) is 0 Å². The maximum absolute atomic E-state index is 12.0. The topological polar surface area (TPSA) is 115 Å². The van der Waals surface area contributed by atoms with E-state index in [0.717, 1.165) is 23.2 Å². The highest BCUT2D eigenvalue weighted by Crippen LogP contribution is 2.32. The molecular weight excluding hydrogens is 470 g/mol. The summed E-state index contributed by atoms with van der Waals surface area (Å²) in [7, 11) is 5.34. The molecule has 0 amide bonds. The first-order valence-corrected chi connectivity index (χ1v) is 11.8. The number of aryl methyl sites for hydroxylation is 1. The Hall–Kier alpha value is -4.43. The Morgan fingerprint density at radius 2 is 1.59 bits per heavy atom. The van der Waals surface area contributed by atoms with Crippen molar-refractivity contribution in [2.75, 3.05) is 21.2 Å². The van der Waals surface area contributed by atoms with Gasteiger partial charge in [0, 0.05) is 29.4 Å². The van der Waals surface area contributed by atoms with Gasteiger partial charge in [0.2, 0.25) is 0 Å². The summed E-state index contributed by atoms with van der Waals surface area (Å²) in [6.07, 6.45) is 0.468. The number of ether oxygens (including phenoxy) is 1. The van der Waals surface area contributed by atoms with Crippen LogP contribution in [0.15, 0.2) is 71.7 Å². The van der Waals surface area contributed by atoms with Gasteiger partial charge in [-0.25, -0.2) is 9.79 Å². The first kappa shape index (κ1) is 25.7. The molecule has 0 aliphatic rings. The van der Waals surface area contributed by atoms with Gasteiger partial charge in [0.15, 0.2) is 5.88 Å². The number of hydrogen-bond donors (Lipinski definition) is 3. The average Bonchev–Trinajstić information content (AvgIpc) is 3.21. The number of carbonyl (C=O) groups is 2. The smallest absolute Gasteiger partial charge is 0.337 e. The Labute approximate surface area is 214 Å². The molecule has 0 atom stereocenters. The molecule has 3 N–H and O–H groups in total. The van der Waals surface area contributed by atoms with Gasteiger partial charge in [-0.2, -0.15) is 0 Å². The molecule has 8 heteroatoms. The number of aromatic nitrogens is 1. The van der Waals surface area contributed by atoms with Crippen molar-refractivity contribution in [3.8, 4) is 5.88 Å². The van der Waals surface area contributed by atoms with Gasteiger partial charge in [0.1, 0.15) is 0 Å². The SMILES string of the molecule is COC(=O)c1ccc2c(C(=Nc3ccc(CN(C)C)cc3)c3ccc(CCC(=O)O)cc3)c(O)[nH]c2c1. The van der Waals surface area contributed by atoms with E-state index >= 15 is 0 Å². The minimum absolute atomic E-state index is 0.0470. The number of rotatable bonds is 9. The van der Waals surface area contributed by atoms with E-state index in [1.165, 1.54) is 7.11 Å². The highest BCUT2D eigenvalue weighted by molar-refractivity contribution is 6.22. The first-order valence-electron chi connectivity index (χ1n) is 11.8. The summed E-state index contributed by atoms with van der Waals surface area (Å²) in [5.41, 5.74) is 5.49. The normalized spacial score (nSPS) is 11.7. The number of esters is 1. The monoisotopic (exact) mass is 499 g/mol. The van der Waals surface area contributed by atoms with Gasteiger partial charge >= 0.3 is 11.9 Å². The number of aromatic amines is 1. The maximum atomic E-state index is 12.0. The first-order chi connectivity index (χ1) is 17.7. The van der Waals surface area contributed by atoms with Crippen molar-refractivity contribution in [2.45, 2.75) is 19.4 Å². The lowest BCUT2D eigenvalue weighted by atomic mass is 9.98. The maximum Gasteiger partial charge on any atom is 0.337 e. The number of carboxylic acids is 1. The Morgan fingerprint density at radius 1 is 0.946 bits per heavy atom. The minimum Gasteiger partial charge on any atom is -0.494 e. The molecule has 37 heavy (non-hydrogen) atoms. The molecule has 8 nitrogen and oxygen atoms in total. The quantitative estimate of drug-likeness (QED) is 0.223. The van der Waals surface area contributed by atoms with Crippen LogP contribution in [0.25, 0.3) is 10.9 Å². The fraction of sp³-hybridized carbons (Fsp3) is 0.207. The molecule has 0 saturated carbocycles. The number of carboxylic acid groups (broad SMARTS) is 1. The van der Waals surface area contributed by atoms with Crippen molar-refractivity contribution in [1.29, 1.82) is 0 Å². The van der Waals surface area contributed by atoms with Crippen LogP contribution in [0.5, 0.6) is 5.88 Å². The molecule has 190 valence electrons. The number of methoxy groups -OCH3 is 1. The lowest BCUT2D eigenvalue weighted by molar-refractivity contribution is -0.136. The van der Waals surface area contributed by atoms with E-state index in [9.17, 15) is 14.7 Å². The average molecular weight is 500 g/mol. The zero-order chi connectivity index (χ0) is 26.5. The predicted octanol–water partition coefficient (Wildman–Crippen LogP) is 4.91. The van der Waals surface area contributed by atoms with Crippen LogP contribution in [-0.2, 0) is 22.5 Å². The van der Waals surface area contributed by atoms with Gasteiger partial charge in [0.25, 0.3) is 0 Å². The molecule has 0 bridgehead atoms. The van der Waals surface area contributed by atoms with Gasteiger partial charge in [0.05, 0.1) is 29.6 Å². The lowest BCUT2D eigenvalue weighted by Crippen LogP contribution is -2.10. The van der Waals surface area contributed by atoms with E-state index in [1.54, 1.807) is 18.2 Å². The molecule has 0 radical (unpaired) electrons. The Balaban J connectivity index is 1.81. The van der Waals surface area contributed by atoms with E-state index < -0.39 is 11.9 Å². The van der Waals surface area contributed by atoms with Crippen molar-refractivity contribution in [3.05, 3.63) is 94.5 Å². The third-order valence-electron chi connectivity index (χ3n) is 5.97. The van der Waals surface area contributed by atoms with E-state index in [4.69, 9.17) is 14.8 Å². The lowest BCUT2D eigenvalue weighted by Gasteiger charge is -2.11. The van der Waals surface area contributed by atoms with Crippen LogP contribution in [0.2, 0.25) is 0 Å². The number of aromatic hydroxyl groups is 1. The fourth-order valence-electron chi connectivity index (χ4n) is 4.18. The van der Waals surface area contributed by atoms with E-state index in [1.807, 2.05) is 62.6 Å². The van der Waals surface area contributed by atoms with Crippen LogP contribution in [-0.4, -0.2) is 59.0 Å². The van der Waals surface area contributed by atoms with E-state index in [2.05, 4.69) is 9.88 Å². The molecular formula is C29H29N3O5. The molecule has 4 rings (SSSR count). The summed E-state index contributed by atoms with van der Waals surface area (Å²) in [6.45, 7) is 0.806. The number of fused-ring (bicyclic) bond motifs is 1. The van der Waals surface area contributed by atoms with Gasteiger partial charge < -0.3 is 24.8 Å². The van der Waals surface area contributed by atoms with E-state index in [0.29, 0.717) is 39.8 Å². The summed E-state index contributed by atoms with van der Waals surface area (Å²) < 4.78 is 4.82. The Morgan fingerprint density at radius 3 is 2.22 bits per heavy atom. The third-order valence-corrected chi connectivity index (χ3v) is 5.97. The van der Waals surface area contributed by atoms with Crippen LogP contribution in [0, 0.1) is 0 Å². The fourth-order valence-corrected chi connectivity index (χ4v) is 4.18.